The zero-order chi connectivity index (χ0) is 17.4. The predicted octanol–water partition coefficient (Wildman–Crippen LogP) is 2.62. The molecule has 0 spiro atoms. The summed E-state index contributed by atoms with van der Waals surface area (Å²) < 4.78 is 7.68. The summed E-state index contributed by atoms with van der Waals surface area (Å²) in [5.41, 5.74) is 1.87. The summed E-state index contributed by atoms with van der Waals surface area (Å²) in [6, 6.07) is 7.71. The number of urea groups is 1. The fraction of sp³-hybridized carbons (Fsp3) is 0.412. The first kappa shape index (κ1) is 15.6. The van der Waals surface area contributed by atoms with Crippen LogP contribution in [0.4, 0.5) is 4.79 Å². The second-order valence-corrected chi connectivity index (χ2v) is 6.41. The first-order valence-corrected chi connectivity index (χ1v) is 8.42. The van der Waals surface area contributed by atoms with E-state index in [0.29, 0.717) is 18.4 Å². The van der Waals surface area contributed by atoms with E-state index in [1.807, 2.05) is 38.1 Å². The lowest BCUT2D eigenvalue weighted by Crippen LogP contribution is -2.37. The van der Waals surface area contributed by atoms with Gasteiger partial charge in [0.2, 0.25) is 0 Å². The highest BCUT2D eigenvalue weighted by molar-refractivity contribution is 5.82. The summed E-state index contributed by atoms with van der Waals surface area (Å²) >= 11 is 0. The van der Waals surface area contributed by atoms with Gasteiger partial charge in [0, 0.05) is 10.9 Å². The third kappa shape index (κ3) is 3.07. The summed E-state index contributed by atoms with van der Waals surface area (Å²) in [7, 11) is 0. The number of nitrogens with zero attached hydrogens (tertiary/aromatic N) is 4. The number of carbonyl (C=O) groups excluding carboxylic acids is 1. The van der Waals surface area contributed by atoms with Crippen molar-refractivity contribution in [2.45, 2.75) is 45.3 Å². The summed E-state index contributed by atoms with van der Waals surface area (Å²) in [6.45, 7) is 4.20. The molecule has 2 amide bonds. The first-order valence-electron chi connectivity index (χ1n) is 8.42. The van der Waals surface area contributed by atoms with Gasteiger partial charge in [-0.05, 0) is 43.2 Å². The summed E-state index contributed by atoms with van der Waals surface area (Å²) in [5, 5.41) is 18.4. The van der Waals surface area contributed by atoms with Crippen molar-refractivity contribution in [3.63, 3.8) is 0 Å². The molecule has 1 unspecified atom stereocenters. The Morgan fingerprint density at radius 2 is 2.20 bits per heavy atom. The van der Waals surface area contributed by atoms with Crippen LogP contribution in [0.15, 0.2) is 28.7 Å². The van der Waals surface area contributed by atoms with Crippen molar-refractivity contribution >= 4 is 17.0 Å². The molecular weight excluding hydrogens is 320 g/mol. The Morgan fingerprint density at radius 1 is 1.40 bits per heavy atom. The van der Waals surface area contributed by atoms with E-state index in [0.717, 1.165) is 35.1 Å². The highest BCUT2D eigenvalue weighted by atomic mass is 16.3. The number of carbonyl (C=O) groups is 1. The monoisotopic (exact) mass is 340 g/mol. The molecule has 2 aromatic heterocycles. The summed E-state index contributed by atoms with van der Waals surface area (Å²) in [4.78, 5) is 12.2. The lowest BCUT2D eigenvalue weighted by molar-refractivity contribution is 0.235. The van der Waals surface area contributed by atoms with Crippen molar-refractivity contribution in [3.05, 3.63) is 41.4 Å². The molecule has 0 aliphatic heterocycles. The molecule has 1 aromatic carbocycles. The third-order valence-corrected chi connectivity index (χ3v) is 4.48. The van der Waals surface area contributed by atoms with Gasteiger partial charge in [-0.3, -0.25) is 0 Å². The maximum atomic E-state index is 12.2. The van der Waals surface area contributed by atoms with Crippen LogP contribution < -0.4 is 10.6 Å². The van der Waals surface area contributed by atoms with Gasteiger partial charge in [0.25, 0.3) is 0 Å². The van der Waals surface area contributed by atoms with E-state index in [1.54, 1.807) is 4.68 Å². The maximum Gasteiger partial charge on any atom is 0.315 e. The van der Waals surface area contributed by atoms with Gasteiger partial charge in [0.15, 0.2) is 5.82 Å². The Kier molecular flexibility index (Phi) is 3.87. The molecule has 1 saturated carbocycles. The lowest BCUT2D eigenvalue weighted by Gasteiger charge is -2.13. The van der Waals surface area contributed by atoms with Crippen molar-refractivity contribution < 1.29 is 9.21 Å². The fourth-order valence-electron chi connectivity index (χ4n) is 3.01. The lowest BCUT2D eigenvalue weighted by atomic mass is 10.1. The molecule has 8 nitrogen and oxygen atoms in total. The number of benzene rings is 1. The van der Waals surface area contributed by atoms with Crippen molar-refractivity contribution in [1.29, 1.82) is 0 Å². The van der Waals surface area contributed by atoms with Gasteiger partial charge in [-0.1, -0.05) is 18.2 Å². The number of para-hydroxylation sites is 1. The van der Waals surface area contributed by atoms with Gasteiger partial charge in [-0.15, -0.1) is 5.10 Å². The summed E-state index contributed by atoms with van der Waals surface area (Å²) in [6.07, 6.45) is 2.18. The molecular formula is C17H20N6O2. The molecule has 130 valence electrons. The van der Waals surface area contributed by atoms with Gasteiger partial charge in [-0.2, -0.15) is 0 Å². The van der Waals surface area contributed by atoms with Crippen molar-refractivity contribution in [3.8, 4) is 0 Å². The van der Waals surface area contributed by atoms with Crippen LogP contribution in [0.3, 0.4) is 0 Å². The first-order chi connectivity index (χ1) is 12.1. The average molecular weight is 340 g/mol. The van der Waals surface area contributed by atoms with Crippen LogP contribution in [-0.2, 0) is 6.54 Å². The standard InChI is InChI=1S/C17H20N6O2/c1-10-13-5-3-4-6-14(13)25-16(10)11(2)19-17(24)18-9-15-20-21-22-23(15)12-7-8-12/h3-6,11-12H,7-9H2,1-2H3,(H2,18,19,24). The maximum absolute atomic E-state index is 12.2. The van der Waals surface area contributed by atoms with Crippen molar-refractivity contribution in [1.82, 2.24) is 30.8 Å². The largest absolute Gasteiger partial charge is 0.459 e. The van der Waals surface area contributed by atoms with E-state index >= 15 is 0 Å². The highest BCUT2D eigenvalue weighted by Gasteiger charge is 2.27. The number of aryl methyl sites for hydroxylation is 1. The van der Waals surface area contributed by atoms with Crippen LogP contribution >= 0.6 is 0 Å². The highest BCUT2D eigenvalue weighted by Crippen LogP contribution is 2.34. The second kappa shape index (κ2) is 6.19. The predicted molar refractivity (Wildman–Crippen MR) is 90.8 cm³/mol. The Labute approximate surface area is 144 Å². The van der Waals surface area contributed by atoms with Crippen LogP contribution in [0, 0.1) is 6.92 Å². The quantitative estimate of drug-likeness (QED) is 0.744. The number of aromatic nitrogens is 4. The molecule has 0 bridgehead atoms. The number of hydrogen-bond acceptors (Lipinski definition) is 5. The Bertz CT molecular complexity index is 911. The molecule has 1 atom stereocenters. The SMILES string of the molecule is Cc1c(C(C)NC(=O)NCc2nnnn2C2CC2)oc2ccccc12. The molecule has 2 N–H and O–H groups in total. The molecule has 1 fully saturated rings. The minimum atomic E-state index is -0.280. The van der Waals surface area contributed by atoms with Crippen molar-refractivity contribution in [2.24, 2.45) is 0 Å². The topological polar surface area (TPSA) is 97.9 Å². The Balaban J connectivity index is 1.39. The second-order valence-electron chi connectivity index (χ2n) is 6.41. The van der Waals surface area contributed by atoms with E-state index in [4.69, 9.17) is 4.42 Å². The zero-order valence-electron chi connectivity index (χ0n) is 14.2. The Hall–Kier alpha value is -2.90. The number of amides is 2. The number of tetrazole rings is 1. The van der Waals surface area contributed by atoms with Crippen LogP contribution in [0.1, 0.15) is 49.0 Å². The third-order valence-electron chi connectivity index (χ3n) is 4.48. The molecule has 8 heteroatoms. The van der Waals surface area contributed by atoms with Gasteiger partial charge >= 0.3 is 6.03 Å². The van der Waals surface area contributed by atoms with E-state index in [1.165, 1.54) is 0 Å². The zero-order valence-corrected chi connectivity index (χ0v) is 14.2. The molecule has 3 aromatic rings. The molecule has 1 aliphatic rings. The normalized spacial score (nSPS) is 15.3. The van der Waals surface area contributed by atoms with Gasteiger partial charge < -0.3 is 15.1 Å². The number of nitrogens with one attached hydrogen (secondary N) is 2. The minimum Gasteiger partial charge on any atom is -0.459 e. The number of furan rings is 1. The molecule has 1 aliphatic carbocycles. The fourth-order valence-corrected chi connectivity index (χ4v) is 3.01. The number of hydrogen-bond donors (Lipinski definition) is 2. The minimum absolute atomic E-state index is 0.244. The average Bonchev–Trinajstić information content (AvgIpc) is 3.25. The van der Waals surface area contributed by atoms with Crippen LogP contribution in [0.2, 0.25) is 0 Å². The van der Waals surface area contributed by atoms with Gasteiger partial charge in [-0.25, -0.2) is 9.48 Å². The molecule has 4 rings (SSSR count). The van der Waals surface area contributed by atoms with Crippen molar-refractivity contribution in [2.75, 3.05) is 0 Å². The van der Waals surface area contributed by atoms with Gasteiger partial charge in [0.05, 0.1) is 18.6 Å². The Morgan fingerprint density at radius 3 is 2.96 bits per heavy atom. The molecule has 0 radical (unpaired) electrons. The van der Waals surface area contributed by atoms with E-state index in [2.05, 4.69) is 26.2 Å². The van der Waals surface area contributed by atoms with Crippen LogP contribution in [0.25, 0.3) is 11.0 Å². The van der Waals surface area contributed by atoms with Crippen LogP contribution in [0.5, 0.6) is 0 Å². The van der Waals surface area contributed by atoms with E-state index in [9.17, 15) is 4.79 Å². The molecule has 2 heterocycles. The van der Waals surface area contributed by atoms with E-state index in [-0.39, 0.29) is 12.1 Å². The smallest absolute Gasteiger partial charge is 0.315 e. The molecule has 25 heavy (non-hydrogen) atoms. The summed E-state index contributed by atoms with van der Waals surface area (Å²) in [5.74, 6) is 1.43. The number of rotatable bonds is 5. The van der Waals surface area contributed by atoms with Gasteiger partial charge in [0.1, 0.15) is 11.3 Å². The van der Waals surface area contributed by atoms with Crippen LogP contribution in [-0.4, -0.2) is 26.2 Å². The number of fused-ring (bicyclic) bond motifs is 1. The van der Waals surface area contributed by atoms with E-state index < -0.39 is 0 Å². The molecule has 0 saturated heterocycles.